The average molecular weight is 553 g/mol. The summed E-state index contributed by atoms with van der Waals surface area (Å²) in [6, 6.07) is 17.6. The van der Waals surface area contributed by atoms with E-state index in [1.807, 2.05) is 30.3 Å². The van der Waals surface area contributed by atoms with E-state index in [-0.39, 0.29) is 17.3 Å². The molecule has 10 heteroatoms. The highest BCUT2D eigenvalue weighted by Crippen LogP contribution is 2.20. The van der Waals surface area contributed by atoms with Crippen molar-refractivity contribution >= 4 is 17.5 Å². The normalized spacial score (nSPS) is 10.7. The molecule has 0 saturated carbocycles. The van der Waals surface area contributed by atoms with Gasteiger partial charge in [0.25, 0.3) is 5.91 Å². The van der Waals surface area contributed by atoms with E-state index in [2.05, 4.69) is 49.9 Å². The summed E-state index contributed by atoms with van der Waals surface area (Å²) in [6.45, 7) is 2.63. The number of aromatic nitrogens is 3. The number of hydrogen-bond donors (Lipinski definition) is 3. The molecule has 2 aromatic heterocycles. The van der Waals surface area contributed by atoms with E-state index in [0.29, 0.717) is 30.9 Å². The zero-order chi connectivity index (χ0) is 29.0. The minimum atomic E-state index is -0.344. The maximum Gasteiger partial charge on any atom is 0.255 e. The number of anilines is 2. The summed E-state index contributed by atoms with van der Waals surface area (Å²) in [7, 11) is 4.11. The van der Waals surface area contributed by atoms with Gasteiger partial charge in [0.05, 0.1) is 29.2 Å². The van der Waals surface area contributed by atoms with Crippen LogP contribution in [0, 0.1) is 17.1 Å². The topological polar surface area (TPSA) is 119 Å². The summed E-state index contributed by atoms with van der Waals surface area (Å²) >= 11 is 0. The third kappa shape index (κ3) is 8.81. The van der Waals surface area contributed by atoms with Crippen LogP contribution in [0.5, 0.6) is 0 Å². The monoisotopic (exact) mass is 552 g/mol. The second-order valence-electron chi connectivity index (χ2n) is 9.79. The van der Waals surface area contributed by atoms with Gasteiger partial charge >= 0.3 is 0 Å². The Bertz CT molecular complexity index is 1470. The van der Waals surface area contributed by atoms with Crippen molar-refractivity contribution in [3.8, 4) is 17.3 Å². The van der Waals surface area contributed by atoms with Gasteiger partial charge in [0, 0.05) is 31.4 Å². The molecule has 0 unspecified atom stereocenters. The van der Waals surface area contributed by atoms with Crippen LogP contribution in [0.4, 0.5) is 16.0 Å². The van der Waals surface area contributed by atoms with E-state index in [4.69, 9.17) is 0 Å². The van der Waals surface area contributed by atoms with Gasteiger partial charge < -0.3 is 20.9 Å². The molecule has 9 nitrogen and oxygen atoms in total. The van der Waals surface area contributed by atoms with Crippen molar-refractivity contribution in [3.63, 3.8) is 0 Å². The smallest absolute Gasteiger partial charge is 0.255 e. The quantitative estimate of drug-likeness (QED) is 0.208. The molecule has 0 saturated heterocycles. The molecule has 0 atom stereocenters. The second kappa shape index (κ2) is 14.5. The van der Waals surface area contributed by atoms with Crippen molar-refractivity contribution < 1.29 is 9.18 Å². The average Bonchev–Trinajstić information content (AvgIpc) is 2.99. The molecule has 4 rings (SSSR count). The van der Waals surface area contributed by atoms with Crippen molar-refractivity contribution in [1.82, 2.24) is 25.2 Å². The second-order valence-corrected chi connectivity index (χ2v) is 9.79. The molecule has 41 heavy (non-hydrogen) atoms. The van der Waals surface area contributed by atoms with Gasteiger partial charge in [-0.15, -0.1) is 0 Å². The number of carbonyl (C=O) groups is 1. The van der Waals surface area contributed by atoms with Crippen molar-refractivity contribution in [1.29, 1.82) is 5.26 Å². The minimum absolute atomic E-state index is 0.283. The predicted molar refractivity (Wildman–Crippen MR) is 158 cm³/mol. The number of nitrogens with one attached hydrogen (secondary N) is 3. The van der Waals surface area contributed by atoms with Crippen LogP contribution in [0.1, 0.15) is 33.5 Å². The van der Waals surface area contributed by atoms with Gasteiger partial charge in [-0.1, -0.05) is 36.4 Å². The Morgan fingerprint density at radius 3 is 2.37 bits per heavy atom. The summed E-state index contributed by atoms with van der Waals surface area (Å²) in [5, 5.41) is 18.7. The van der Waals surface area contributed by atoms with Crippen LogP contribution in [-0.4, -0.2) is 59.5 Å². The molecule has 3 N–H and O–H groups in total. The summed E-state index contributed by atoms with van der Waals surface area (Å²) in [5.74, 6) is 0.485. The van der Waals surface area contributed by atoms with Crippen molar-refractivity contribution in [2.45, 2.75) is 19.4 Å². The first-order chi connectivity index (χ1) is 19.9. The van der Waals surface area contributed by atoms with Crippen molar-refractivity contribution in [2.24, 2.45) is 0 Å². The number of rotatable bonds is 13. The lowest BCUT2D eigenvalue weighted by molar-refractivity contribution is 0.0954. The fourth-order valence-electron chi connectivity index (χ4n) is 4.07. The molecule has 4 aromatic rings. The predicted octanol–water partition coefficient (Wildman–Crippen LogP) is 4.50. The molecule has 0 aliphatic carbocycles. The van der Waals surface area contributed by atoms with Gasteiger partial charge in [0.15, 0.2) is 0 Å². The zero-order valence-corrected chi connectivity index (χ0v) is 23.2. The summed E-state index contributed by atoms with van der Waals surface area (Å²) in [5.41, 5.74) is 4.18. The molecule has 0 aliphatic heterocycles. The van der Waals surface area contributed by atoms with E-state index in [9.17, 15) is 14.4 Å². The minimum Gasteiger partial charge on any atom is -0.369 e. The maximum absolute atomic E-state index is 13.1. The van der Waals surface area contributed by atoms with Crippen molar-refractivity contribution in [3.05, 3.63) is 101 Å². The van der Waals surface area contributed by atoms with E-state index in [0.717, 1.165) is 47.7 Å². The SMILES string of the molecule is CN(C)CCCNc1cnc(-c2ccc(CNc3ncc(C#N)cc3C(=O)NCCc3ccc(F)cc3)cc2)cn1. The molecular formula is C31H33FN8O. The third-order valence-electron chi connectivity index (χ3n) is 6.32. The Morgan fingerprint density at radius 2 is 1.68 bits per heavy atom. The molecule has 1 amide bonds. The number of halogens is 1. The molecule has 2 heterocycles. The van der Waals surface area contributed by atoms with Gasteiger partial charge in [-0.25, -0.2) is 14.4 Å². The Labute approximate surface area is 239 Å². The third-order valence-corrected chi connectivity index (χ3v) is 6.32. The maximum atomic E-state index is 13.1. The number of nitriles is 1. The van der Waals surface area contributed by atoms with Crippen LogP contribution in [0.25, 0.3) is 11.3 Å². The van der Waals surface area contributed by atoms with E-state index in [1.165, 1.54) is 24.4 Å². The number of benzene rings is 2. The number of nitrogens with zero attached hydrogens (tertiary/aromatic N) is 5. The Balaban J connectivity index is 1.33. The molecule has 0 fully saturated rings. The summed E-state index contributed by atoms with van der Waals surface area (Å²) in [6.07, 6.45) is 6.49. The largest absolute Gasteiger partial charge is 0.369 e. The van der Waals surface area contributed by atoms with Crippen LogP contribution in [0.15, 0.2) is 73.2 Å². The lowest BCUT2D eigenvalue weighted by Crippen LogP contribution is -2.27. The number of hydrogen-bond acceptors (Lipinski definition) is 8. The van der Waals surface area contributed by atoms with E-state index >= 15 is 0 Å². The first-order valence-corrected chi connectivity index (χ1v) is 13.4. The first kappa shape index (κ1) is 29.1. The van der Waals surface area contributed by atoms with Crippen LogP contribution in [0.2, 0.25) is 0 Å². The van der Waals surface area contributed by atoms with Crippen LogP contribution >= 0.6 is 0 Å². The van der Waals surface area contributed by atoms with Gasteiger partial charge in [-0.3, -0.25) is 9.78 Å². The van der Waals surface area contributed by atoms with Crippen LogP contribution < -0.4 is 16.0 Å². The van der Waals surface area contributed by atoms with Crippen molar-refractivity contribution in [2.75, 3.05) is 44.4 Å². The Morgan fingerprint density at radius 1 is 0.927 bits per heavy atom. The van der Waals surface area contributed by atoms with Gasteiger partial charge in [-0.2, -0.15) is 5.26 Å². The standard InChI is InChI=1S/C31H33FN8O/c1-40(2)15-3-13-34-29-21-36-28(20-37-29)25-8-4-23(5-9-25)18-38-30-27(16-24(17-33)19-39-30)31(41)35-14-12-22-6-10-26(32)11-7-22/h4-11,16,19-21H,3,12-15,18H2,1-2H3,(H,34,37)(H,35,41)(H,38,39). The highest BCUT2D eigenvalue weighted by molar-refractivity contribution is 5.99. The molecule has 0 radical (unpaired) electrons. The van der Waals surface area contributed by atoms with E-state index in [1.54, 1.807) is 24.5 Å². The van der Waals surface area contributed by atoms with E-state index < -0.39 is 0 Å². The molecule has 2 aromatic carbocycles. The summed E-state index contributed by atoms with van der Waals surface area (Å²) in [4.78, 5) is 28.4. The fourth-order valence-corrected chi connectivity index (χ4v) is 4.07. The van der Waals surface area contributed by atoms with Crippen LogP contribution in [-0.2, 0) is 13.0 Å². The fraction of sp³-hybridized carbons (Fsp3) is 0.258. The molecule has 0 aliphatic rings. The zero-order valence-electron chi connectivity index (χ0n) is 23.2. The number of amides is 1. The highest BCUT2D eigenvalue weighted by atomic mass is 19.1. The van der Waals surface area contributed by atoms with Gasteiger partial charge in [0.1, 0.15) is 23.5 Å². The lowest BCUT2D eigenvalue weighted by Gasteiger charge is -2.12. The number of pyridine rings is 1. The number of carbonyl (C=O) groups excluding carboxylic acids is 1. The molecule has 210 valence electrons. The van der Waals surface area contributed by atoms with Crippen LogP contribution in [0.3, 0.4) is 0 Å². The molecule has 0 spiro atoms. The van der Waals surface area contributed by atoms with Gasteiger partial charge in [0.2, 0.25) is 0 Å². The Kier molecular flexibility index (Phi) is 10.3. The lowest BCUT2D eigenvalue weighted by atomic mass is 10.1. The molecular weight excluding hydrogens is 519 g/mol. The van der Waals surface area contributed by atoms with Gasteiger partial charge in [-0.05, 0) is 62.8 Å². The molecule has 0 bridgehead atoms. The Hall–Kier alpha value is -4.88. The highest BCUT2D eigenvalue weighted by Gasteiger charge is 2.14. The first-order valence-electron chi connectivity index (χ1n) is 13.4. The summed E-state index contributed by atoms with van der Waals surface area (Å²) < 4.78 is 13.1.